The molecule has 0 amide bonds. The first-order chi connectivity index (χ1) is 17.6. The van der Waals surface area contributed by atoms with Crippen molar-refractivity contribution >= 4 is 26.8 Å². The molecular formula is C26H22F3N3O4S. The first kappa shape index (κ1) is 25.1. The molecule has 0 spiro atoms. The van der Waals surface area contributed by atoms with Crippen LogP contribution >= 0.6 is 0 Å². The molecule has 3 aromatic heterocycles. The highest BCUT2D eigenvalue weighted by Gasteiger charge is 2.40. The predicted molar refractivity (Wildman–Crippen MR) is 129 cm³/mol. The van der Waals surface area contributed by atoms with Crippen molar-refractivity contribution in [3.8, 4) is 11.3 Å². The topological polar surface area (TPSA) is 93.4 Å². The van der Waals surface area contributed by atoms with Crippen molar-refractivity contribution in [3.63, 3.8) is 0 Å². The van der Waals surface area contributed by atoms with Crippen molar-refractivity contribution in [1.82, 2.24) is 14.3 Å². The maximum absolute atomic E-state index is 13.3. The Kier molecular flexibility index (Phi) is 6.59. The molecule has 1 fully saturated rings. The number of alkyl halides is 3. The van der Waals surface area contributed by atoms with E-state index in [1.165, 1.54) is 22.6 Å². The van der Waals surface area contributed by atoms with Gasteiger partial charge < -0.3 is 4.42 Å². The summed E-state index contributed by atoms with van der Waals surface area (Å²) in [5.41, 5.74) is 1.15. The number of carbonyl (C=O) groups excluding carboxylic acids is 1. The van der Waals surface area contributed by atoms with Gasteiger partial charge in [-0.15, -0.1) is 0 Å². The number of sulfonamides is 1. The Labute approximate surface area is 211 Å². The van der Waals surface area contributed by atoms with Crippen molar-refractivity contribution in [2.24, 2.45) is 0 Å². The summed E-state index contributed by atoms with van der Waals surface area (Å²) in [7, 11) is -3.99. The smallest absolute Gasteiger partial charge is 0.417 e. The van der Waals surface area contributed by atoms with Crippen LogP contribution in [0.25, 0.3) is 22.2 Å². The number of nitrogens with zero attached hydrogens (tertiary/aromatic N) is 3. The summed E-state index contributed by atoms with van der Waals surface area (Å²) < 4.78 is 71.7. The number of rotatable bonds is 7. The number of aromatic nitrogens is 2. The summed E-state index contributed by atoms with van der Waals surface area (Å²) in [6.07, 6.45) is 0.717. The van der Waals surface area contributed by atoms with Gasteiger partial charge in [0, 0.05) is 48.6 Å². The molecule has 1 aliphatic heterocycles. The maximum atomic E-state index is 13.3. The summed E-state index contributed by atoms with van der Waals surface area (Å²) in [5.74, 6) is -0.213. The second-order valence-electron chi connectivity index (χ2n) is 8.86. The Hall–Kier alpha value is -3.57. The molecule has 192 valence electrons. The van der Waals surface area contributed by atoms with Crippen LogP contribution in [-0.2, 0) is 27.4 Å². The zero-order valence-electron chi connectivity index (χ0n) is 19.5. The van der Waals surface area contributed by atoms with Crippen LogP contribution in [-0.4, -0.2) is 41.1 Å². The van der Waals surface area contributed by atoms with Crippen LogP contribution in [0.2, 0.25) is 0 Å². The second-order valence-corrected chi connectivity index (χ2v) is 10.7. The van der Waals surface area contributed by atoms with Gasteiger partial charge in [-0.3, -0.25) is 14.8 Å². The molecule has 0 bridgehead atoms. The molecule has 1 atom stereocenters. The lowest BCUT2D eigenvalue weighted by Gasteiger charge is -2.21. The van der Waals surface area contributed by atoms with Crippen LogP contribution < -0.4 is 0 Å². The maximum Gasteiger partial charge on any atom is 0.417 e. The van der Waals surface area contributed by atoms with Crippen molar-refractivity contribution in [2.75, 3.05) is 6.54 Å². The van der Waals surface area contributed by atoms with Crippen molar-refractivity contribution in [2.45, 2.75) is 43.0 Å². The number of Topliss-reactive ketones (excluding diaryl/α,β-unsaturated/α-hetero) is 1. The molecule has 0 aliphatic carbocycles. The van der Waals surface area contributed by atoms with Crippen molar-refractivity contribution < 1.29 is 30.8 Å². The lowest BCUT2D eigenvalue weighted by molar-refractivity contribution is -0.137. The molecule has 1 aromatic carbocycles. The molecule has 7 nitrogen and oxygen atoms in total. The van der Waals surface area contributed by atoms with Crippen molar-refractivity contribution in [1.29, 1.82) is 0 Å². The van der Waals surface area contributed by atoms with E-state index in [4.69, 9.17) is 4.42 Å². The molecule has 5 rings (SSSR count). The van der Waals surface area contributed by atoms with Crippen LogP contribution in [0, 0.1) is 0 Å². The van der Waals surface area contributed by atoms with E-state index in [1.54, 1.807) is 36.5 Å². The van der Waals surface area contributed by atoms with E-state index in [0.29, 0.717) is 47.1 Å². The van der Waals surface area contributed by atoms with Crippen LogP contribution in [0.3, 0.4) is 0 Å². The van der Waals surface area contributed by atoms with E-state index >= 15 is 0 Å². The molecule has 0 radical (unpaired) electrons. The average molecular weight is 530 g/mol. The summed E-state index contributed by atoms with van der Waals surface area (Å²) in [6, 6.07) is 11.6. The normalized spacial score (nSPS) is 16.9. The first-order valence-electron chi connectivity index (χ1n) is 11.6. The molecule has 4 aromatic rings. The molecule has 4 heterocycles. The highest BCUT2D eigenvalue weighted by Crippen LogP contribution is 2.32. The lowest BCUT2D eigenvalue weighted by atomic mass is 10.0. The van der Waals surface area contributed by atoms with Gasteiger partial charge in [-0.2, -0.15) is 17.5 Å². The van der Waals surface area contributed by atoms with Gasteiger partial charge in [-0.1, -0.05) is 18.2 Å². The highest BCUT2D eigenvalue weighted by molar-refractivity contribution is 7.89. The van der Waals surface area contributed by atoms with E-state index in [1.807, 2.05) is 0 Å². The number of ketones is 1. The van der Waals surface area contributed by atoms with Crippen LogP contribution in [0.15, 0.2) is 76.6 Å². The number of benzene rings is 1. The van der Waals surface area contributed by atoms with E-state index in [-0.39, 0.29) is 23.8 Å². The Morgan fingerprint density at radius 2 is 1.89 bits per heavy atom. The van der Waals surface area contributed by atoms with Gasteiger partial charge in [-0.05, 0) is 49.1 Å². The third-order valence-corrected chi connectivity index (χ3v) is 8.15. The number of carbonyl (C=O) groups is 1. The zero-order chi connectivity index (χ0) is 26.2. The van der Waals surface area contributed by atoms with Gasteiger partial charge in [0.1, 0.15) is 5.58 Å². The molecule has 37 heavy (non-hydrogen) atoms. The third-order valence-electron chi connectivity index (χ3n) is 6.38. The van der Waals surface area contributed by atoms with Gasteiger partial charge in [0.05, 0.1) is 17.3 Å². The van der Waals surface area contributed by atoms with Gasteiger partial charge in [0.2, 0.25) is 5.09 Å². The number of fused-ring (bicyclic) bond motifs is 1. The molecular weight excluding hydrogens is 507 g/mol. The largest absolute Gasteiger partial charge is 0.443 e. The fourth-order valence-electron chi connectivity index (χ4n) is 4.48. The molecule has 11 heteroatoms. The number of hydrogen-bond acceptors (Lipinski definition) is 6. The number of halogens is 3. The summed E-state index contributed by atoms with van der Waals surface area (Å²) in [4.78, 5) is 21.1. The minimum Gasteiger partial charge on any atom is -0.443 e. The lowest BCUT2D eigenvalue weighted by Crippen LogP contribution is -2.40. The Bertz CT molecular complexity index is 1520. The number of aryl methyl sites for hydroxylation is 1. The first-order valence-corrected chi connectivity index (χ1v) is 13.1. The monoisotopic (exact) mass is 529 g/mol. The van der Waals surface area contributed by atoms with E-state index < -0.39 is 27.8 Å². The third kappa shape index (κ3) is 5.14. The van der Waals surface area contributed by atoms with Gasteiger partial charge in [-0.25, -0.2) is 8.42 Å². The van der Waals surface area contributed by atoms with E-state index in [9.17, 15) is 26.4 Å². The molecule has 1 aliphatic rings. The highest BCUT2D eigenvalue weighted by atomic mass is 32.2. The van der Waals surface area contributed by atoms with Gasteiger partial charge in [0.25, 0.3) is 10.0 Å². The Morgan fingerprint density at radius 3 is 2.62 bits per heavy atom. The van der Waals surface area contributed by atoms with Crippen LogP contribution in [0.4, 0.5) is 13.2 Å². The van der Waals surface area contributed by atoms with E-state index in [0.717, 1.165) is 12.3 Å². The summed E-state index contributed by atoms with van der Waals surface area (Å²) in [5, 5.41) is 0.479. The quantitative estimate of drug-likeness (QED) is 0.324. The van der Waals surface area contributed by atoms with Gasteiger partial charge >= 0.3 is 6.18 Å². The Morgan fingerprint density at radius 1 is 1.08 bits per heavy atom. The average Bonchev–Trinajstić information content (AvgIpc) is 3.55. The van der Waals surface area contributed by atoms with Crippen LogP contribution in [0.1, 0.15) is 30.4 Å². The Balaban J connectivity index is 1.28. The predicted octanol–water partition coefficient (Wildman–Crippen LogP) is 5.26. The fourth-order valence-corrected chi connectivity index (χ4v) is 6.11. The minimum atomic E-state index is -4.47. The summed E-state index contributed by atoms with van der Waals surface area (Å²) >= 11 is 0. The van der Waals surface area contributed by atoms with Gasteiger partial charge in [0.15, 0.2) is 5.78 Å². The second kappa shape index (κ2) is 9.71. The zero-order valence-corrected chi connectivity index (χ0v) is 20.3. The number of furan rings is 1. The molecule has 0 N–H and O–H groups in total. The molecule has 0 unspecified atom stereocenters. The minimum absolute atomic E-state index is 0.0857. The van der Waals surface area contributed by atoms with E-state index in [2.05, 4.69) is 9.97 Å². The van der Waals surface area contributed by atoms with Crippen molar-refractivity contribution in [3.05, 3.63) is 78.2 Å². The number of pyridine rings is 2. The SMILES string of the molecule is O=C(CCc1cncc(-c2ccc(C(F)(F)F)cn2)c1)[C@@H]1CCCN1S(=O)(=O)c1cc2ccccc2o1. The van der Waals surface area contributed by atoms with Crippen LogP contribution in [0.5, 0.6) is 0 Å². The summed E-state index contributed by atoms with van der Waals surface area (Å²) in [6.45, 7) is 0.229. The molecule has 0 saturated carbocycles. The standard InChI is InChI=1S/C26H22F3N3O4S/c27-26(28,29)20-8-9-21(31-16-20)19-12-17(14-30-15-19)7-10-23(33)22-5-3-11-32(22)37(34,35)25-13-18-4-1-2-6-24(18)36-25/h1-2,4,6,8-9,12-16,22H,3,5,7,10-11H2/t22-/m0/s1. The number of hydrogen-bond donors (Lipinski definition) is 0. The molecule has 1 saturated heterocycles. The number of para-hydroxylation sites is 1. The fraction of sp³-hybridized carbons (Fsp3) is 0.269.